The van der Waals surface area contributed by atoms with Crippen LogP contribution in [0.2, 0.25) is 0 Å². The molecule has 76 valence electrons. The van der Waals surface area contributed by atoms with Crippen molar-refractivity contribution in [2.24, 2.45) is 4.99 Å². The van der Waals surface area contributed by atoms with Crippen molar-refractivity contribution >= 4 is 17.2 Å². The number of hydrogen-bond acceptors (Lipinski definition) is 3. The summed E-state index contributed by atoms with van der Waals surface area (Å²) in [5, 5.41) is 3.32. The van der Waals surface area contributed by atoms with E-state index >= 15 is 0 Å². The van der Waals surface area contributed by atoms with E-state index in [1.165, 1.54) is 20.9 Å². The summed E-state index contributed by atoms with van der Waals surface area (Å²) in [5.41, 5.74) is 2.92. The minimum atomic E-state index is 0.941. The Morgan fingerprint density at radius 1 is 1.29 bits per heavy atom. The number of rotatable bonds is 2. The molecule has 1 aromatic heterocycles. The Kier molecular flexibility index (Phi) is 2.59. The van der Waals surface area contributed by atoms with E-state index in [-0.39, 0.29) is 0 Å². The second-order valence-electron chi connectivity index (χ2n) is 3.75. The first-order valence-electron chi connectivity index (χ1n) is 5.01. The predicted molar refractivity (Wildman–Crippen MR) is 62.5 cm³/mol. The zero-order chi connectivity index (χ0) is 10.1. The molecule has 0 saturated heterocycles. The molecule has 0 aromatic carbocycles. The summed E-state index contributed by atoms with van der Waals surface area (Å²) in [6.07, 6.45) is 0.988. The molecule has 0 atom stereocenters. The summed E-state index contributed by atoms with van der Waals surface area (Å²) in [7, 11) is 0. The fourth-order valence-corrected chi connectivity index (χ4v) is 2.92. The molecule has 14 heavy (non-hydrogen) atoms. The smallest absolute Gasteiger partial charge is 0.101 e. The quantitative estimate of drug-likeness (QED) is 0.792. The highest BCUT2D eigenvalue weighted by atomic mass is 32.1. The molecule has 0 aliphatic carbocycles. The number of nitrogens with one attached hydrogen (secondary N) is 1. The van der Waals surface area contributed by atoms with Crippen molar-refractivity contribution in [3.63, 3.8) is 0 Å². The van der Waals surface area contributed by atoms with Gasteiger partial charge in [0.15, 0.2) is 0 Å². The van der Waals surface area contributed by atoms with E-state index in [0.29, 0.717) is 0 Å². The first-order valence-corrected chi connectivity index (χ1v) is 5.83. The van der Waals surface area contributed by atoms with E-state index in [1.54, 1.807) is 0 Å². The van der Waals surface area contributed by atoms with Gasteiger partial charge in [-0.25, -0.2) is 0 Å². The van der Waals surface area contributed by atoms with Gasteiger partial charge in [-0.05, 0) is 31.9 Å². The van der Waals surface area contributed by atoms with Gasteiger partial charge in [-0.2, -0.15) is 0 Å². The van der Waals surface area contributed by atoms with E-state index in [2.05, 4.69) is 31.1 Å². The monoisotopic (exact) mass is 208 g/mol. The average molecular weight is 208 g/mol. The molecular weight excluding hydrogens is 192 g/mol. The third-order valence-electron chi connectivity index (χ3n) is 2.80. The summed E-state index contributed by atoms with van der Waals surface area (Å²) in [6, 6.07) is 0. The zero-order valence-electron chi connectivity index (χ0n) is 8.98. The van der Waals surface area contributed by atoms with Gasteiger partial charge in [-0.1, -0.05) is 0 Å². The normalized spacial score (nSPS) is 15.5. The minimum Gasteiger partial charge on any atom is -0.372 e. The van der Waals surface area contributed by atoms with Gasteiger partial charge in [0, 0.05) is 22.7 Å². The topological polar surface area (TPSA) is 24.4 Å². The van der Waals surface area contributed by atoms with Crippen LogP contribution in [0.5, 0.6) is 0 Å². The summed E-state index contributed by atoms with van der Waals surface area (Å²) in [6.45, 7) is 8.56. The number of nitrogens with zero attached hydrogens (tertiary/aromatic N) is 1. The lowest BCUT2D eigenvalue weighted by Crippen LogP contribution is -2.20. The van der Waals surface area contributed by atoms with E-state index in [0.717, 1.165) is 25.3 Å². The van der Waals surface area contributed by atoms with Crippen molar-refractivity contribution in [1.29, 1.82) is 0 Å². The molecule has 0 unspecified atom stereocenters. The van der Waals surface area contributed by atoms with Gasteiger partial charge in [0.1, 0.15) is 5.84 Å². The molecule has 0 fully saturated rings. The number of aliphatic imine (C=N–C) groups is 1. The maximum atomic E-state index is 4.43. The lowest BCUT2D eigenvalue weighted by atomic mass is 10.1. The largest absolute Gasteiger partial charge is 0.372 e. The molecule has 0 bridgehead atoms. The lowest BCUT2D eigenvalue weighted by Gasteiger charge is -2.03. The van der Waals surface area contributed by atoms with Crippen LogP contribution in [0.3, 0.4) is 0 Å². The van der Waals surface area contributed by atoms with E-state index in [1.807, 2.05) is 11.3 Å². The Hall–Kier alpha value is -0.830. The van der Waals surface area contributed by atoms with Gasteiger partial charge in [0.25, 0.3) is 0 Å². The SMILES string of the molecule is Cc1sc(C)c(CC2=NCCN2)c1C. The van der Waals surface area contributed by atoms with Crippen LogP contribution in [-0.4, -0.2) is 18.9 Å². The predicted octanol–water partition coefficient (Wildman–Crippen LogP) is 2.22. The number of amidine groups is 1. The van der Waals surface area contributed by atoms with Crippen LogP contribution in [0.1, 0.15) is 20.9 Å². The highest BCUT2D eigenvalue weighted by Crippen LogP contribution is 2.27. The molecule has 2 nitrogen and oxygen atoms in total. The van der Waals surface area contributed by atoms with Gasteiger partial charge >= 0.3 is 0 Å². The third kappa shape index (κ3) is 1.69. The van der Waals surface area contributed by atoms with Crippen LogP contribution in [0.15, 0.2) is 4.99 Å². The molecule has 1 aliphatic heterocycles. The standard InChI is InChI=1S/C11H16N2S/c1-7-8(2)14-9(3)10(7)6-11-12-4-5-13-11/h4-6H2,1-3H3,(H,12,13). The number of aryl methyl sites for hydroxylation is 2. The minimum absolute atomic E-state index is 0.941. The van der Waals surface area contributed by atoms with Gasteiger partial charge in [-0.15, -0.1) is 11.3 Å². The molecule has 0 spiro atoms. The third-order valence-corrected chi connectivity index (χ3v) is 3.96. The Bertz CT molecular complexity index is 377. The second kappa shape index (κ2) is 3.73. The maximum absolute atomic E-state index is 4.43. The molecule has 0 radical (unpaired) electrons. The lowest BCUT2D eigenvalue weighted by molar-refractivity contribution is 0.952. The molecule has 1 N–H and O–H groups in total. The fraction of sp³-hybridized carbons (Fsp3) is 0.545. The molecule has 1 aliphatic rings. The average Bonchev–Trinajstić information content (AvgIpc) is 2.71. The van der Waals surface area contributed by atoms with Crippen molar-refractivity contribution < 1.29 is 0 Å². The van der Waals surface area contributed by atoms with Crippen LogP contribution in [0, 0.1) is 20.8 Å². The second-order valence-corrected chi connectivity index (χ2v) is 5.18. The summed E-state index contributed by atoms with van der Waals surface area (Å²) < 4.78 is 0. The number of hydrogen-bond donors (Lipinski definition) is 1. The van der Waals surface area contributed by atoms with Crippen molar-refractivity contribution in [2.45, 2.75) is 27.2 Å². The van der Waals surface area contributed by atoms with Crippen molar-refractivity contribution in [2.75, 3.05) is 13.1 Å². The van der Waals surface area contributed by atoms with Gasteiger partial charge in [0.05, 0.1) is 6.54 Å². The van der Waals surface area contributed by atoms with E-state index < -0.39 is 0 Å². The van der Waals surface area contributed by atoms with Gasteiger partial charge < -0.3 is 5.32 Å². The van der Waals surface area contributed by atoms with E-state index in [4.69, 9.17) is 0 Å². The Labute approximate surface area is 89.1 Å². The Balaban J connectivity index is 2.23. The van der Waals surface area contributed by atoms with Gasteiger partial charge in [0.2, 0.25) is 0 Å². The number of thiophene rings is 1. The van der Waals surface area contributed by atoms with Crippen LogP contribution in [-0.2, 0) is 6.42 Å². The van der Waals surface area contributed by atoms with Crippen LogP contribution in [0.25, 0.3) is 0 Å². The molecule has 3 heteroatoms. The first-order chi connectivity index (χ1) is 6.68. The molecule has 0 saturated carbocycles. The Morgan fingerprint density at radius 2 is 2.07 bits per heavy atom. The van der Waals surface area contributed by atoms with Crippen molar-refractivity contribution in [3.05, 3.63) is 20.9 Å². The summed E-state index contributed by atoms with van der Waals surface area (Å²) >= 11 is 1.90. The summed E-state index contributed by atoms with van der Waals surface area (Å²) in [4.78, 5) is 7.31. The van der Waals surface area contributed by atoms with Crippen molar-refractivity contribution in [3.8, 4) is 0 Å². The highest BCUT2D eigenvalue weighted by molar-refractivity contribution is 7.12. The fourth-order valence-electron chi connectivity index (χ4n) is 1.83. The first kappa shape index (κ1) is 9.71. The van der Waals surface area contributed by atoms with Crippen LogP contribution in [0.4, 0.5) is 0 Å². The molecule has 2 rings (SSSR count). The van der Waals surface area contributed by atoms with E-state index in [9.17, 15) is 0 Å². The highest BCUT2D eigenvalue weighted by Gasteiger charge is 2.13. The van der Waals surface area contributed by atoms with Crippen molar-refractivity contribution in [1.82, 2.24) is 5.32 Å². The van der Waals surface area contributed by atoms with Crippen LogP contribution >= 0.6 is 11.3 Å². The molecule has 1 aromatic rings. The van der Waals surface area contributed by atoms with Crippen LogP contribution < -0.4 is 5.32 Å². The van der Waals surface area contributed by atoms with Gasteiger partial charge in [-0.3, -0.25) is 4.99 Å². The maximum Gasteiger partial charge on any atom is 0.101 e. The zero-order valence-corrected chi connectivity index (χ0v) is 9.79. The molecule has 2 heterocycles. The Morgan fingerprint density at radius 3 is 2.57 bits per heavy atom. The molecule has 0 amide bonds. The molecular formula is C11H16N2S. The summed E-state index contributed by atoms with van der Waals surface area (Å²) in [5.74, 6) is 1.16.